The zero-order valence-electron chi connectivity index (χ0n) is 17.7. The van der Waals surface area contributed by atoms with Crippen LogP contribution < -0.4 is 10.6 Å². The number of ether oxygens (including phenoxy) is 1. The van der Waals surface area contributed by atoms with Crippen LogP contribution in [0.15, 0.2) is 24.3 Å². The van der Waals surface area contributed by atoms with Crippen LogP contribution in [0.1, 0.15) is 19.8 Å². The SMILES string of the molecule is COCC(C)Nc1nc(Cl)c(-c2nc3ccccc3s2)c(NC2(O)CCC(CO)C2O)n1. The van der Waals surface area contributed by atoms with Gasteiger partial charge in [-0.05, 0) is 31.9 Å². The monoisotopic (exact) mass is 479 g/mol. The van der Waals surface area contributed by atoms with Crippen LogP contribution in [0, 0.1) is 5.92 Å². The molecule has 4 rings (SSSR count). The third-order valence-corrected chi connectivity index (χ3v) is 6.89. The standard InChI is InChI=1S/C21H26ClN5O4S/c1-11(10-31-2)23-20-25-17(22)15(19-24-13-5-3-4-6-14(13)32-19)18(26-20)27-21(30)8-7-12(9-28)16(21)29/h3-6,11-12,16,28-30H,7-10H2,1-2H3,(H2,23,25,26,27). The van der Waals surface area contributed by atoms with E-state index in [1.54, 1.807) is 7.11 Å². The average molecular weight is 480 g/mol. The van der Waals surface area contributed by atoms with Crippen LogP contribution in [-0.2, 0) is 4.74 Å². The van der Waals surface area contributed by atoms with Crippen molar-refractivity contribution in [3.8, 4) is 10.6 Å². The first-order valence-electron chi connectivity index (χ1n) is 10.3. The van der Waals surface area contributed by atoms with Crippen molar-refractivity contribution in [3.63, 3.8) is 0 Å². The number of rotatable bonds is 8. The molecular formula is C21H26ClN5O4S. The summed E-state index contributed by atoms with van der Waals surface area (Å²) in [5, 5.41) is 38.1. The predicted octanol–water partition coefficient (Wildman–Crippen LogP) is 2.72. The van der Waals surface area contributed by atoms with Crippen molar-refractivity contribution < 1.29 is 20.1 Å². The van der Waals surface area contributed by atoms with Gasteiger partial charge in [-0.1, -0.05) is 23.7 Å². The summed E-state index contributed by atoms with van der Waals surface area (Å²) >= 11 is 8.03. The maximum atomic E-state index is 11.1. The minimum atomic E-state index is -1.67. The van der Waals surface area contributed by atoms with Crippen LogP contribution in [0.3, 0.4) is 0 Å². The quantitative estimate of drug-likeness (QED) is 0.244. The maximum Gasteiger partial charge on any atom is 0.226 e. The average Bonchev–Trinajstić information content (AvgIpc) is 3.28. The van der Waals surface area contributed by atoms with Crippen LogP contribution >= 0.6 is 22.9 Å². The molecule has 0 amide bonds. The molecule has 5 N–H and O–H groups in total. The topological polar surface area (TPSA) is 133 Å². The second-order valence-electron chi connectivity index (χ2n) is 8.02. The predicted molar refractivity (Wildman–Crippen MR) is 125 cm³/mol. The maximum absolute atomic E-state index is 11.1. The molecule has 4 atom stereocenters. The fourth-order valence-electron chi connectivity index (χ4n) is 3.90. The van der Waals surface area contributed by atoms with Crippen LogP contribution in [0.25, 0.3) is 20.8 Å². The third-order valence-electron chi connectivity index (χ3n) is 5.57. The number of halogens is 1. The van der Waals surface area contributed by atoms with Crippen molar-refractivity contribution >= 4 is 44.9 Å². The molecule has 0 aliphatic heterocycles. The first-order chi connectivity index (χ1) is 15.3. The highest BCUT2D eigenvalue weighted by atomic mass is 35.5. The molecule has 2 aromatic heterocycles. The van der Waals surface area contributed by atoms with Crippen molar-refractivity contribution in [3.05, 3.63) is 29.4 Å². The summed E-state index contributed by atoms with van der Waals surface area (Å²) in [5.41, 5.74) is -0.428. The van der Waals surface area contributed by atoms with Gasteiger partial charge in [-0.25, -0.2) is 9.97 Å². The molecule has 172 valence electrons. The minimum absolute atomic E-state index is 0.0869. The van der Waals surface area contributed by atoms with E-state index in [-0.39, 0.29) is 36.0 Å². The van der Waals surface area contributed by atoms with Crippen molar-refractivity contribution in [2.45, 2.75) is 37.6 Å². The van der Waals surface area contributed by atoms with Crippen molar-refractivity contribution in [2.24, 2.45) is 5.92 Å². The van der Waals surface area contributed by atoms with Crippen LogP contribution in [-0.4, -0.2) is 68.5 Å². The van der Waals surface area contributed by atoms with Gasteiger partial charge in [0, 0.05) is 25.7 Å². The summed E-state index contributed by atoms with van der Waals surface area (Å²) in [6.07, 6.45) is -0.469. The zero-order valence-corrected chi connectivity index (χ0v) is 19.3. The summed E-state index contributed by atoms with van der Waals surface area (Å²) in [6, 6.07) is 7.61. The molecule has 0 radical (unpaired) electrons. The second-order valence-corrected chi connectivity index (χ2v) is 9.41. The Morgan fingerprint density at radius 2 is 2.09 bits per heavy atom. The summed E-state index contributed by atoms with van der Waals surface area (Å²) in [5.74, 6) is 0.0630. The molecule has 4 unspecified atom stereocenters. The number of nitrogens with one attached hydrogen (secondary N) is 2. The van der Waals surface area contributed by atoms with Crippen molar-refractivity contribution in [1.29, 1.82) is 0 Å². The van der Waals surface area contributed by atoms with Gasteiger partial charge in [0.25, 0.3) is 0 Å². The smallest absolute Gasteiger partial charge is 0.226 e. The van der Waals surface area contributed by atoms with Crippen molar-refractivity contribution in [1.82, 2.24) is 15.0 Å². The first-order valence-corrected chi connectivity index (χ1v) is 11.5. The van der Waals surface area contributed by atoms with E-state index in [4.69, 9.17) is 16.3 Å². The lowest BCUT2D eigenvalue weighted by molar-refractivity contribution is -0.0545. The van der Waals surface area contributed by atoms with Crippen LogP contribution in [0.5, 0.6) is 0 Å². The molecule has 9 nitrogen and oxygen atoms in total. The van der Waals surface area contributed by atoms with E-state index in [1.165, 1.54) is 11.3 Å². The van der Waals surface area contributed by atoms with Crippen LogP contribution in [0.4, 0.5) is 11.8 Å². The molecular weight excluding hydrogens is 454 g/mol. The second kappa shape index (κ2) is 9.42. The highest BCUT2D eigenvalue weighted by Crippen LogP contribution is 2.42. The number of fused-ring (bicyclic) bond motifs is 1. The Kier molecular flexibility index (Phi) is 6.80. The molecule has 32 heavy (non-hydrogen) atoms. The number of benzene rings is 1. The van der Waals surface area contributed by atoms with Crippen molar-refractivity contribution in [2.75, 3.05) is 31.0 Å². The summed E-state index contributed by atoms with van der Waals surface area (Å²) < 4.78 is 6.13. The van der Waals surface area contributed by atoms with E-state index in [1.807, 2.05) is 31.2 Å². The molecule has 2 heterocycles. The molecule has 0 bridgehead atoms. The fourth-order valence-corrected chi connectivity index (χ4v) is 5.23. The van der Waals surface area contributed by atoms with Gasteiger partial charge in [-0.15, -0.1) is 11.3 Å². The Morgan fingerprint density at radius 1 is 1.31 bits per heavy atom. The van der Waals surface area contributed by atoms with Gasteiger partial charge < -0.3 is 30.7 Å². The lowest BCUT2D eigenvalue weighted by Gasteiger charge is -2.31. The largest absolute Gasteiger partial charge is 0.396 e. The molecule has 0 saturated heterocycles. The minimum Gasteiger partial charge on any atom is -0.396 e. The van der Waals surface area contributed by atoms with Gasteiger partial charge in [0.1, 0.15) is 22.1 Å². The van der Waals surface area contributed by atoms with E-state index in [0.717, 1.165) is 10.2 Å². The lowest BCUT2D eigenvalue weighted by Crippen LogP contribution is -2.48. The molecule has 1 aliphatic carbocycles. The highest BCUT2D eigenvalue weighted by Gasteiger charge is 2.47. The molecule has 1 aromatic carbocycles. The number of methoxy groups -OCH3 is 1. The number of thiazole rings is 1. The zero-order chi connectivity index (χ0) is 22.9. The normalized spacial score (nSPS) is 24.1. The third kappa shape index (κ3) is 4.52. The Labute approximate surface area is 194 Å². The summed E-state index contributed by atoms with van der Waals surface area (Å²) in [4.78, 5) is 13.6. The Balaban J connectivity index is 1.77. The summed E-state index contributed by atoms with van der Waals surface area (Å²) in [6.45, 7) is 2.13. The lowest BCUT2D eigenvalue weighted by atomic mass is 10.0. The number of nitrogens with zero attached hydrogens (tertiary/aromatic N) is 3. The first kappa shape index (κ1) is 23.1. The van der Waals surface area contributed by atoms with E-state index < -0.39 is 17.7 Å². The summed E-state index contributed by atoms with van der Waals surface area (Å²) in [7, 11) is 1.60. The Hall–Kier alpha value is -2.08. The van der Waals surface area contributed by atoms with E-state index in [9.17, 15) is 15.3 Å². The fraction of sp³-hybridized carbons (Fsp3) is 0.476. The number of para-hydroxylation sites is 1. The number of aliphatic hydroxyl groups is 3. The van der Waals surface area contributed by atoms with Gasteiger partial charge in [-0.3, -0.25) is 0 Å². The molecule has 11 heteroatoms. The Bertz CT molecular complexity index is 1070. The highest BCUT2D eigenvalue weighted by molar-refractivity contribution is 7.21. The van der Waals surface area contributed by atoms with E-state index in [0.29, 0.717) is 23.6 Å². The molecule has 1 aliphatic rings. The molecule has 1 saturated carbocycles. The van der Waals surface area contributed by atoms with Gasteiger partial charge in [-0.2, -0.15) is 4.98 Å². The molecule has 1 fully saturated rings. The number of aliphatic hydroxyl groups excluding tert-OH is 2. The van der Waals surface area contributed by atoms with Crippen LogP contribution in [0.2, 0.25) is 5.15 Å². The number of hydrogen-bond donors (Lipinski definition) is 5. The van der Waals surface area contributed by atoms with E-state index >= 15 is 0 Å². The van der Waals surface area contributed by atoms with Gasteiger partial charge >= 0.3 is 0 Å². The van der Waals surface area contributed by atoms with Gasteiger partial charge in [0.2, 0.25) is 5.95 Å². The number of anilines is 2. The Morgan fingerprint density at radius 3 is 2.78 bits per heavy atom. The number of aromatic nitrogens is 3. The van der Waals surface area contributed by atoms with Gasteiger partial charge in [0.05, 0.1) is 22.4 Å². The molecule has 0 spiro atoms. The molecule has 3 aromatic rings. The van der Waals surface area contributed by atoms with E-state index in [2.05, 4.69) is 25.6 Å². The number of hydrogen-bond acceptors (Lipinski definition) is 10. The van der Waals surface area contributed by atoms with Gasteiger partial charge in [0.15, 0.2) is 5.72 Å².